The summed E-state index contributed by atoms with van der Waals surface area (Å²) in [6.45, 7) is 2.22. The van der Waals surface area contributed by atoms with Gasteiger partial charge >= 0.3 is 0 Å². The minimum absolute atomic E-state index is 0.0267. The number of hydrogen-bond donors (Lipinski definition) is 0. The van der Waals surface area contributed by atoms with Crippen LogP contribution in [-0.4, -0.2) is 12.0 Å². The Bertz CT molecular complexity index is 623. The summed E-state index contributed by atoms with van der Waals surface area (Å²) < 4.78 is 27.7. The summed E-state index contributed by atoms with van der Waals surface area (Å²) in [6.07, 6.45) is 0. The smallest absolute Gasteiger partial charge is 0.150 e. The van der Waals surface area contributed by atoms with E-state index in [2.05, 4.69) is 4.98 Å². The first-order valence-corrected chi connectivity index (χ1v) is 6.40. The first-order valence-electron chi connectivity index (χ1n) is 5.52. The van der Waals surface area contributed by atoms with Crippen molar-refractivity contribution in [1.82, 2.24) is 4.98 Å². The summed E-state index contributed by atoms with van der Waals surface area (Å²) in [4.78, 5) is 6.53. The van der Waals surface area contributed by atoms with E-state index in [4.69, 9.17) is 5.26 Å². The maximum absolute atomic E-state index is 13.8. The normalized spacial score (nSPS) is 10.3. The van der Waals surface area contributed by atoms with Gasteiger partial charge in [-0.2, -0.15) is 5.26 Å². The van der Waals surface area contributed by atoms with Gasteiger partial charge in [-0.05, 0) is 19.1 Å². The van der Waals surface area contributed by atoms with Crippen LogP contribution >= 0.6 is 11.3 Å². The molecule has 0 spiro atoms. The van der Waals surface area contributed by atoms with E-state index in [0.717, 1.165) is 22.7 Å². The molecule has 1 aromatic carbocycles. The fraction of sp³-hybridized carbons (Fsp3) is 0.231. The van der Waals surface area contributed by atoms with E-state index >= 15 is 0 Å². The lowest BCUT2D eigenvalue weighted by Crippen LogP contribution is -2.19. The number of anilines is 1. The zero-order chi connectivity index (χ0) is 14.0. The SMILES string of the molecule is Cc1ncsc1CN(C)c1c(F)cc(C#N)cc1F. The summed E-state index contributed by atoms with van der Waals surface area (Å²) in [7, 11) is 1.60. The van der Waals surface area contributed by atoms with Gasteiger partial charge in [0.15, 0.2) is 11.6 Å². The van der Waals surface area contributed by atoms with E-state index in [1.54, 1.807) is 18.6 Å². The second-order valence-electron chi connectivity index (χ2n) is 4.12. The third kappa shape index (κ3) is 2.71. The van der Waals surface area contributed by atoms with Gasteiger partial charge in [-0.15, -0.1) is 11.3 Å². The highest BCUT2D eigenvalue weighted by molar-refractivity contribution is 7.09. The molecule has 0 amide bonds. The van der Waals surface area contributed by atoms with Crippen LogP contribution < -0.4 is 4.90 Å². The van der Waals surface area contributed by atoms with Crippen LogP contribution in [0.5, 0.6) is 0 Å². The predicted octanol–water partition coefficient (Wildman–Crippen LogP) is 3.24. The average molecular weight is 279 g/mol. The number of benzene rings is 1. The van der Waals surface area contributed by atoms with Gasteiger partial charge in [-0.25, -0.2) is 13.8 Å². The maximum Gasteiger partial charge on any atom is 0.150 e. The Hall–Kier alpha value is -2.00. The molecular formula is C13H11F2N3S. The number of rotatable bonds is 3. The number of thiazole rings is 1. The van der Waals surface area contributed by atoms with Crippen LogP contribution in [0.4, 0.5) is 14.5 Å². The van der Waals surface area contributed by atoms with E-state index in [0.29, 0.717) is 6.54 Å². The van der Waals surface area contributed by atoms with E-state index in [-0.39, 0.29) is 11.3 Å². The van der Waals surface area contributed by atoms with Gasteiger partial charge in [-0.1, -0.05) is 0 Å². The molecule has 0 saturated heterocycles. The first kappa shape index (κ1) is 13.4. The highest BCUT2D eigenvalue weighted by Crippen LogP contribution is 2.26. The quantitative estimate of drug-likeness (QED) is 0.866. The molecular weight excluding hydrogens is 268 g/mol. The van der Waals surface area contributed by atoms with Crippen molar-refractivity contribution in [2.45, 2.75) is 13.5 Å². The van der Waals surface area contributed by atoms with Gasteiger partial charge in [0.25, 0.3) is 0 Å². The highest BCUT2D eigenvalue weighted by Gasteiger charge is 2.16. The van der Waals surface area contributed by atoms with Crippen LogP contribution in [0.1, 0.15) is 16.1 Å². The van der Waals surface area contributed by atoms with Crippen molar-refractivity contribution >= 4 is 17.0 Å². The lowest BCUT2D eigenvalue weighted by atomic mass is 10.2. The monoisotopic (exact) mass is 279 g/mol. The summed E-state index contributed by atoms with van der Waals surface area (Å²) in [6, 6.07) is 3.80. The predicted molar refractivity (Wildman–Crippen MR) is 70.0 cm³/mol. The Labute approximate surface area is 113 Å². The van der Waals surface area contributed by atoms with Gasteiger partial charge in [-0.3, -0.25) is 0 Å². The minimum atomic E-state index is -0.735. The summed E-state index contributed by atoms with van der Waals surface area (Å²) >= 11 is 1.44. The molecule has 98 valence electrons. The molecule has 19 heavy (non-hydrogen) atoms. The Kier molecular flexibility index (Phi) is 3.76. The molecule has 0 aliphatic heterocycles. The number of nitriles is 1. The minimum Gasteiger partial charge on any atom is -0.365 e. The van der Waals surface area contributed by atoms with Crippen LogP contribution in [0.2, 0.25) is 0 Å². The van der Waals surface area contributed by atoms with Crippen molar-refractivity contribution in [3.05, 3.63) is 45.4 Å². The van der Waals surface area contributed by atoms with E-state index in [1.807, 2.05) is 6.92 Å². The van der Waals surface area contributed by atoms with Gasteiger partial charge in [0.05, 0.1) is 29.4 Å². The lowest BCUT2D eigenvalue weighted by Gasteiger charge is -2.20. The first-order chi connectivity index (χ1) is 9.02. The Balaban J connectivity index is 2.32. The van der Waals surface area contributed by atoms with Gasteiger partial charge in [0, 0.05) is 11.9 Å². The summed E-state index contributed by atoms with van der Waals surface area (Å²) in [5.74, 6) is -1.47. The average Bonchev–Trinajstić information content (AvgIpc) is 2.74. The third-order valence-corrected chi connectivity index (χ3v) is 3.67. The molecule has 2 aromatic rings. The fourth-order valence-corrected chi connectivity index (χ4v) is 2.60. The van der Waals surface area contributed by atoms with Crippen molar-refractivity contribution < 1.29 is 8.78 Å². The van der Waals surface area contributed by atoms with Crippen molar-refractivity contribution in [3.8, 4) is 6.07 Å². The molecule has 0 aliphatic carbocycles. The molecule has 0 radical (unpaired) electrons. The largest absolute Gasteiger partial charge is 0.365 e. The molecule has 0 bridgehead atoms. The Morgan fingerprint density at radius 2 is 2.00 bits per heavy atom. The van der Waals surface area contributed by atoms with E-state index in [9.17, 15) is 8.78 Å². The molecule has 0 fully saturated rings. The Morgan fingerprint density at radius 3 is 2.47 bits per heavy atom. The second kappa shape index (κ2) is 5.33. The van der Waals surface area contributed by atoms with Crippen LogP contribution in [0, 0.1) is 29.9 Å². The Morgan fingerprint density at radius 1 is 1.37 bits per heavy atom. The van der Waals surface area contributed by atoms with Gasteiger partial charge in [0.1, 0.15) is 5.69 Å². The number of hydrogen-bond acceptors (Lipinski definition) is 4. The zero-order valence-corrected chi connectivity index (χ0v) is 11.3. The molecule has 6 heteroatoms. The fourth-order valence-electron chi connectivity index (χ4n) is 1.77. The van der Waals surface area contributed by atoms with Crippen LogP contribution in [0.25, 0.3) is 0 Å². The number of aromatic nitrogens is 1. The van der Waals surface area contributed by atoms with Crippen molar-refractivity contribution in [3.63, 3.8) is 0 Å². The molecule has 0 aliphatic rings. The molecule has 0 atom stereocenters. The molecule has 0 saturated carbocycles. The molecule has 0 N–H and O–H groups in total. The maximum atomic E-state index is 13.8. The topological polar surface area (TPSA) is 39.9 Å². The van der Waals surface area contributed by atoms with Gasteiger partial charge in [0.2, 0.25) is 0 Å². The van der Waals surface area contributed by atoms with Crippen molar-refractivity contribution in [1.29, 1.82) is 5.26 Å². The summed E-state index contributed by atoms with van der Waals surface area (Å²) in [5.41, 5.74) is 2.39. The third-order valence-electron chi connectivity index (χ3n) is 2.75. The number of halogens is 2. The van der Waals surface area contributed by atoms with Crippen LogP contribution in [0.15, 0.2) is 17.6 Å². The van der Waals surface area contributed by atoms with Crippen molar-refractivity contribution in [2.75, 3.05) is 11.9 Å². The van der Waals surface area contributed by atoms with Gasteiger partial charge < -0.3 is 4.90 Å². The molecule has 2 rings (SSSR count). The number of nitrogens with zero attached hydrogens (tertiary/aromatic N) is 3. The van der Waals surface area contributed by atoms with E-state index in [1.165, 1.54) is 16.2 Å². The van der Waals surface area contributed by atoms with Crippen molar-refractivity contribution in [2.24, 2.45) is 0 Å². The number of aryl methyl sites for hydroxylation is 1. The molecule has 1 heterocycles. The zero-order valence-electron chi connectivity index (χ0n) is 10.4. The lowest BCUT2D eigenvalue weighted by molar-refractivity contribution is 0.576. The highest BCUT2D eigenvalue weighted by atomic mass is 32.1. The second-order valence-corrected chi connectivity index (χ2v) is 5.06. The molecule has 3 nitrogen and oxygen atoms in total. The molecule has 0 unspecified atom stereocenters. The summed E-state index contributed by atoms with van der Waals surface area (Å²) in [5, 5.41) is 8.66. The molecule has 1 aromatic heterocycles. The standard InChI is InChI=1S/C13H11F2N3S/c1-8-12(19-7-17-8)6-18(2)13-10(14)3-9(5-16)4-11(13)15/h3-4,7H,6H2,1-2H3. The van der Waals surface area contributed by atoms with Crippen LogP contribution in [-0.2, 0) is 6.54 Å². The van der Waals surface area contributed by atoms with E-state index < -0.39 is 11.6 Å². The van der Waals surface area contributed by atoms with Crippen LogP contribution in [0.3, 0.4) is 0 Å².